The lowest BCUT2D eigenvalue weighted by atomic mass is 10.3. The zero-order valence-electron chi connectivity index (χ0n) is 6.52. The highest BCUT2D eigenvalue weighted by Gasteiger charge is 2.10. The van der Waals surface area contributed by atoms with Gasteiger partial charge in [-0.1, -0.05) is 6.07 Å². The normalized spacial score (nSPS) is 10.5. The SMILES string of the molecule is NC(=O)c1nc2cccc(O)c2s1. The van der Waals surface area contributed by atoms with Crippen molar-refractivity contribution in [1.82, 2.24) is 4.98 Å². The first-order chi connectivity index (χ1) is 6.18. The van der Waals surface area contributed by atoms with E-state index >= 15 is 0 Å². The minimum Gasteiger partial charge on any atom is -0.506 e. The smallest absolute Gasteiger partial charge is 0.277 e. The van der Waals surface area contributed by atoms with Gasteiger partial charge in [0.25, 0.3) is 5.91 Å². The Morgan fingerprint density at radius 2 is 2.31 bits per heavy atom. The average Bonchev–Trinajstić information content (AvgIpc) is 2.49. The molecule has 0 saturated heterocycles. The molecule has 3 N–H and O–H groups in total. The molecule has 2 aromatic rings. The monoisotopic (exact) mass is 194 g/mol. The van der Waals surface area contributed by atoms with Crippen molar-refractivity contribution in [3.63, 3.8) is 0 Å². The van der Waals surface area contributed by atoms with Crippen molar-refractivity contribution in [1.29, 1.82) is 0 Å². The van der Waals surface area contributed by atoms with Gasteiger partial charge in [-0.3, -0.25) is 4.79 Å². The molecule has 2 rings (SSSR count). The molecule has 0 aliphatic carbocycles. The quantitative estimate of drug-likeness (QED) is 0.713. The zero-order chi connectivity index (χ0) is 9.42. The van der Waals surface area contributed by atoms with Crippen LogP contribution in [-0.2, 0) is 0 Å². The molecule has 1 amide bonds. The Hall–Kier alpha value is -1.62. The van der Waals surface area contributed by atoms with E-state index in [0.29, 0.717) is 10.2 Å². The number of nitrogens with two attached hydrogens (primary N) is 1. The topological polar surface area (TPSA) is 76.2 Å². The molecule has 0 saturated carbocycles. The maximum Gasteiger partial charge on any atom is 0.277 e. The Bertz CT molecular complexity index is 478. The molecular weight excluding hydrogens is 188 g/mol. The van der Waals surface area contributed by atoms with E-state index in [2.05, 4.69) is 4.98 Å². The number of primary amides is 1. The fourth-order valence-electron chi connectivity index (χ4n) is 1.04. The number of phenols is 1. The fraction of sp³-hybridized carbons (Fsp3) is 0. The molecule has 0 radical (unpaired) electrons. The minimum absolute atomic E-state index is 0.127. The van der Waals surface area contributed by atoms with Crippen LogP contribution in [0.2, 0.25) is 0 Å². The summed E-state index contributed by atoms with van der Waals surface area (Å²) in [6.45, 7) is 0. The average molecular weight is 194 g/mol. The van der Waals surface area contributed by atoms with Gasteiger partial charge in [0.05, 0.1) is 10.2 Å². The van der Waals surface area contributed by atoms with E-state index in [4.69, 9.17) is 5.73 Å². The lowest BCUT2D eigenvalue weighted by Gasteiger charge is -1.89. The second-order valence-corrected chi connectivity index (χ2v) is 3.51. The predicted molar refractivity (Wildman–Crippen MR) is 49.8 cm³/mol. The Morgan fingerprint density at radius 1 is 1.54 bits per heavy atom. The summed E-state index contributed by atoms with van der Waals surface area (Å²) in [7, 11) is 0. The second-order valence-electron chi connectivity index (χ2n) is 2.51. The van der Waals surface area contributed by atoms with Crippen LogP contribution in [0.3, 0.4) is 0 Å². The van der Waals surface area contributed by atoms with Gasteiger partial charge in [-0.2, -0.15) is 0 Å². The molecule has 1 aromatic carbocycles. The molecule has 0 spiro atoms. The maximum absolute atomic E-state index is 10.8. The number of amides is 1. The summed E-state index contributed by atoms with van der Waals surface area (Å²) in [5, 5.41) is 9.60. The summed E-state index contributed by atoms with van der Waals surface area (Å²) < 4.78 is 0.594. The first-order valence-electron chi connectivity index (χ1n) is 3.57. The predicted octanol–water partition coefficient (Wildman–Crippen LogP) is 1.10. The van der Waals surface area contributed by atoms with Gasteiger partial charge in [0.2, 0.25) is 0 Å². The Balaban J connectivity index is 2.75. The lowest BCUT2D eigenvalue weighted by molar-refractivity contribution is 0.1000. The molecule has 0 unspecified atom stereocenters. The van der Waals surface area contributed by atoms with Crippen LogP contribution in [0.25, 0.3) is 10.2 Å². The van der Waals surface area contributed by atoms with Crippen LogP contribution in [0.1, 0.15) is 9.80 Å². The molecule has 1 aromatic heterocycles. The molecule has 4 nitrogen and oxygen atoms in total. The number of benzene rings is 1. The zero-order valence-corrected chi connectivity index (χ0v) is 7.34. The molecule has 0 bridgehead atoms. The summed E-state index contributed by atoms with van der Waals surface area (Å²) in [4.78, 5) is 14.7. The van der Waals surface area contributed by atoms with Crippen molar-refractivity contribution in [2.24, 2.45) is 5.73 Å². The molecule has 5 heteroatoms. The first kappa shape index (κ1) is 8.00. The third kappa shape index (κ3) is 1.23. The highest BCUT2D eigenvalue weighted by atomic mass is 32.1. The van der Waals surface area contributed by atoms with Crippen molar-refractivity contribution < 1.29 is 9.90 Å². The molecular formula is C8H6N2O2S. The second kappa shape index (κ2) is 2.70. The number of hydrogen-bond donors (Lipinski definition) is 2. The van der Waals surface area contributed by atoms with Crippen LogP contribution >= 0.6 is 11.3 Å². The van der Waals surface area contributed by atoms with E-state index in [1.165, 1.54) is 0 Å². The third-order valence-corrected chi connectivity index (χ3v) is 2.71. The summed E-state index contributed by atoms with van der Waals surface area (Å²) in [6, 6.07) is 4.94. The Labute approximate surface area is 77.6 Å². The number of carbonyl (C=O) groups excluding carboxylic acids is 1. The van der Waals surface area contributed by atoms with Gasteiger partial charge in [0.1, 0.15) is 5.75 Å². The van der Waals surface area contributed by atoms with Crippen molar-refractivity contribution in [2.45, 2.75) is 0 Å². The van der Waals surface area contributed by atoms with Gasteiger partial charge >= 0.3 is 0 Å². The molecule has 13 heavy (non-hydrogen) atoms. The van der Waals surface area contributed by atoms with E-state index in [9.17, 15) is 9.90 Å². The van der Waals surface area contributed by atoms with Crippen LogP contribution in [0, 0.1) is 0 Å². The largest absolute Gasteiger partial charge is 0.506 e. The standard InChI is InChI=1S/C8H6N2O2S/c9-7(12)8-10-4-2-1-3-5(11)6(4)13-8/h1-3,11H,(H2,9,12). The van der Waals surface area contributed by atoms with Gasteiger partial charge in [-0.15, -0.1) is 11.3 Å². The van der Waals surface area contributed by atoms with E-state index in [1.54, 1.807) is 18.2 Å². The molecule has 0 aliphatic heterocycles. The molecule has 0 atom stereocenters. The van der Waals surface area contributed by atoms with Crippen molar-refractivity contribution in [3.8, 4) is 5.75 Å². The van der Waals surface area contributed by atoms with Crippen LogP contribution in [0.15, 0.2) is 18.2 Å². The number of phenolic OH excluding ortho intramolecular Hbond substituents is 1. The number of fused-ring (bicyclic) bond motifs is 1. The molecule has 66 valence electrons. The summed E-state index contributed by atoms with van der Waals surface area (Å²) >= 11 is 1.10. The number of carbonyl (C=O) groups is 1. The van der Waals surface area contributed by atoms with Gasteiger partial charge in [-0.05, 0) is 12.1 Å². The van der Waals surface area contributed by atoms with Crippen molar-refractivity contribution in [3.05, 3.63) is 23.2 Å². The maximum atomic E-state index is 10.8. The van der Waals surface area contributed by atoms with Crippen LogP contribution in [-0.4, -0.2) is 16.0 Å². The van der Waals surface area contributed by atoms with Gasteiger partial charge in [-0.25, -0.2) is 4.98 Å². The molecule has 0 fully saturated rings. The molecule has 1 heterocycles. The van der Waals surface area contributed by atoms with Crippen molar-refractivity contribution >= 4 is 27.5 Å². The van der Waals surface area contributed by atoms with E-state index in [1.807, 2.05) is 0 Å². The molecule has 0 aliphatic rings. The van der Waals surface area contributed by atoms with E-state index in [-0.39, 0.29) is 10.8 Å². The van der Waals surface area contributed by atoms with Gasteiger partial charge < -0.3 is 10.8 Å². The Kier molecular flexibility index (Phi) is 1.66. The lowest BCUT2D eigenvalue weighted by Crippen LogP contribution is -2.09. The number of hydrogen-bond acceptors (Lipinski definition) is 4. The van der Waals surface area contributed by atoms with E-state index in [0.717, 1.165) is 11.3 Å². The van der Waals surface area contributed by atoms with Crippen LogP contribution in [0.4, 0.5) is 0 Å². The Morgan fingerprint density at radius 3 is 2.92 bits per heavy atom. The highest BCUT2D eigenvalue weighted by Crippen LogP contribution is 2.29. The third-order valence-electron chi connectivity index (χ3n) is 1.60. The van der Waals surface area contributed by atoms with Crippen LogP contribution in [0.5, 0.6) is 5.75 Å². The van der Waals surface area contributed by atoms with Gasteiger partial charge in [0.15, 0.2) is 5.01 Å². The summed E-state index contributed by atoms with van der Waals surface area (Å²) in [5.74, 6) is -0.442. The fourth-order valence-corrected chi connectivity index (χ4v) is 1.87. The number of thiazole rings is 1. The van der Waals surface area contributed by atoms with Crippen LogP contribution < -0.4 is 5.73 Å². The number of rotatable bonds is 1. The van der Waals surface area contributed by atoms with Gasteiger partial charge in [0, 0.05) is 0 Å². The summed E-state index contributed by atoms with van der Waals surface area (Å²) in [6.07, 6.45) is 0. The highest BCUT2D eigenvalue weighted by molar-refractivity contribution is 7.20. The number of nitrogens with zero attached hydrogens (tertiary/aromatic N) is 1. The van der Waals surface area contributed by atoms with Crippen molar-refractivity contribution in [2.75, 3.05) is 0 Å². The number of aromatic nitrogens is 1. The first-order valence-corrected chi connectivity index (χ1v) is 4.38. The minimum atomic E-state index is -0.569. The summed E-state index contributed by atoms with van der Waals surface area (Å²) in [5.41, 5.74) is 5.65. The number of aromatic hydroxyl groups is 1. The van der Waals surface area contributed by atoms with E-state index < -0.39 is 5.91 Å².